The lowest BCUT2D eigenvalue weighted by Gasteiger charge is -2.14. The average molecular weight is 369 g/mol. The van der Waals surface area contributed by atoms with E-state index in [1.54, 1.807) is 0 Å². The first-order valence-corrected chi connectivity index (χ1v) is 8.81. The molecule has 0 radical (unpaired) electrons. The Balaban J connectivity index is 1.68. The summed E-state index contributed by atoms with van der Waals surface area (Å²) in [4.78, 5) is 34.0. The van der Waals surface area contributed by atoms with E-state index < -0.39 is 4.92 Å². The monoisotopic (exact) mass is 369 g/mol. The Morgan fingerprint density at radius 3 is 2.26 bits per heavy atom. The first kappa shape index (κ1) is 20.1. The van der Waals surface area contributed by atoms with Gasteiger partial charge in [0.2, 0.25) is 11.8 Å². The number of nitro benzene ring substituents is 1. The smallest absolute Gasteiger partial charge is 0.269 e. The van der Waals surface area contributed by atoms with Gasteiger partial charge in [-0.1, -0.05) is 30.3 Å². The van der Waals surface area contributed by atoms with Gasteiger partial charge in [-0.05, 0) is 37.5 Å². The third kappa shape index (κ3) is 7.27. The third-order valence-corrected chi connectivity index (χ3v) is 4.06. The summed E-state index contributed by atoms with van der Waals surface area (Å²) in [5, 5.41) is 16.1. The number of carbonyl (C=O) groups excluding carboxylic acids is 2. The number of hydrogen-bond donors (Lipinski definition) is 2. The Bertz CT molecular complexity index is 776. The van der Waals surface area contributed by atoms with Gasteiger partial charge in [0.1, 0.15) is 0 Å². The van der Waals surface area contributed by atoms with Crippen molar-refractivity contribution < 1.29 is 14.5 Å². The lowest BCUT2D eigenvalue weighted by Crippen LogP contribution is -2.33. The van der Waals surface area contributed by atoms with Gasteiger partial charge in [0.05, 0.1) is 4.92 Å². The minimum absolute atomic E-state index is 0.0236. The number of non-ortho nitro benzene ring substituents is 1. The number of nitrogens with zero attached hydrogens (tertiary/aromatic N) is 1. The number of nitro groups is 1. The predicted octanol–water partition coefficient (Wildman–Crippen LogP) is 3.45. The summed E-state index contributed by atoms with van der Waals surface area (Å²) < 4.78 is 0. The molecule has 7 nitrogen and oxygen atoms in total. The van der Waals surface area contributed by atoms with Crippen molar-refractivity contribution in [2.45, 2.75) is 38.6 Å². The first-order valence-electron chi connectivity index (χ1n) is 8.81. The van der Waals surface area contributed by atoms with E-state index in [-0.39, 0.29) is 36.4 Å². The minimum atomic E-state index is -0.505. The second kappa shape index (κ2) is 10.1. The van der Waals surface area contributed by atoms with E-state index >= 15 is 0 Å². The van der Waals surface area contributed by atoms with Crippen molar-refractivity contribution in [3.63, 3.8) is 0 Å². The minimum Gasteiger partial charge on any atom is -0.354 e. The molecule has 2 amide bonds. The highest BCUT2D eigenvalue weighted by Gasteiger charge is 2.11. The summed E-state index contributed by atoms with van der Waals surface area (Å²) in [6.07, 6.45) is 1.84. The largest absolute Gasteiger partial charge is 0.354 e. The Morgan fingerprint density at radius 2 is 1.63 bits per heavy atom. The van der Waals surface area contributed by atoms with Gasteiger partial charge in [0.25, 0.3) is 5.69 Å². The second-order valence-electron chi connectivity index (χ2n) is 6.34. The fourth-order valence-corrected chi connectivity index (χ4v) is 2.56. The molecule has 2 aromatic carbocycles. The van der Waals surface area contributed by atoms with Crippen LogP contribution in [0, 0.1) is 10.1 Å². The standard InChI is InChI=1S/C20H23N3O4/c1-15(7-8-16-5-3-2-4-6-16)21-19(24)13-14-20(25)22-17-9-11-18(12-10-17)23(26)27/h2-6,9-12,15H,7-8,13-14H2,1H3,(H,21,24)(H,22,25). The van der Waals surface area contributed by atoms with Crippen molar-refractivity contribution in [3.05, 3.63) is 70.3 Å². The number of rotatable bonds is 9. The molecule has 0 saturated carbocycles. The Morgan fingerprint density at radius 1 is 1.00 bits per heavy atom. The number of hydrogen-bond acceptors (Lipinski definition) is 4. The van der Waals surface area contributed by atoms with Crippen LogP contribution in [0.15, 0.2) is 54.6 Å². The fraction of sp³-hybridized carbons (Fsp3) is 0.300. The van der Waals surface area contributed by atoms with Crippen LogP contribution in [0.5, 0.6) is 0 Å². The molecule has 2 rings (SSSR count). The molecule has 0 aromatic heterocycles. The first-order chi connectivity index (χ1) is 12.9. The van der Waals surface area contributed by atoms with E-state index in [1.807, 2.05) is 25.1 Å². The van der Waals surface area contributed by atoms with Crippen molar-refractivity contribution in [1.82, 2.24) is 5.32 Å². The van der Waals surface area contributed by atoms with Gasteiger partial charge in [-0.15, -0.1) is 0 Å². The van der Waals surface area contributed by atoms with Gasteiger partial charge >= 0.3 is 0 Å². The molecule has 27 heavy (non-hydrogen) atoms. The van der Waals surface area contributed by atoms with Crippen molar-refractivity contribution in [2.75, 3.05) is 5.32 Å². The van der Waals surface area contributed by atoms with Crippen molar-refractivity contribution in [1.29, 1.82) is 0 Å². The molecule has 0 fully saturated rings. The van der Waals surface area contributed by atoms with Gasteiger partial charge < -0.3 is 10.6 Å². The quantitative estimate of drug-likeness (QED) is 0.522. The number of anilines is 1. The van der Waals surface area contributed by atoms with E-state index in [4.69, 9.17) is 0 Å². The number of carbonyl (C=O) groups is 2. The third-order valence-electron chi connectivity index (χ3n) is 4.06. The van der Waals surface area contributed by atoms with Gasteiger partial charge in [-0.2, -0.15) is 0 Å². The molecule has 0 saturated heterocycles. The van der Waals surface area contributed by atoms with Crippen molar-refractivity contribution >= 4 is 23.2 Å². The molecule has 2 N–H and O–H groups in total. The summed E-state index contributed by atoms with van der Waals surface area (Å²) in [6.45, 7) is 1.94. The van der Waals surface area contributed by atoms with Crippen LogP contribution in [0.2, 0.25) is 0 Å². The molecule has 2 aromatic rings. The zero-order chi connectivity index (χ0) is 19.6. The highest BCUT2D eigenvalue weighted by atomic mass is 16.6. The molecular weight excluding hydrogens is 346 g/mol. The molecule has 142 valence electrons. The van der Waals surface area contributed by atoms with E-state index in [2.05, 4.69) is 22.8 Å². The molecule has 0 bridgehead atoms. The summed E-state index contributed by atoms with van der Waals surface area (Å²) >= 11 is 0. The molecule has 0 spiro atoms. The summed E-state index contributed by atoms with van der Waals surface area (Å²) in [6, 6.07) is 15.6. The molecule has 0 aliphatic rings. The van der Waals surface area contributed by atoms with Crippen molar-refractivity contribution in [3.8, 4) is 0 Å². The van der Waals surface area contributed by atoms with E-state index in [0.717, 1.165) is 12.8 Å². The van der Waals surface area contributed by atoms with E-state index in [1.165, 1.54) is 29.8 Å². The van der Waals surface area contributed by atoms with Crippen LogP contribution < -0.4 is 10.6 Å². The summed E-state index contributed by atoms with van der Waals surface area (Å²) in [5.41, 5.74) is 1.64. The maximum atomic E-state index is 12.0. The SMILES string of the molecule is CC(CCc1ccccc1)NC(=O)CCC(=O)Nc1ccc([N+](=O)[O-])cc1. The molecule has 1 atom stereocenters. The van der Waals surface area contributed by atoms with Crippen LogP contribution in [-0.4, -0.2) is 22.8 Å². The van der Waals surface area contributed by atoms with Crippen LogP contribution in [-0.2, 0) is 16.0 Å². The lowest BCUT2D eigenvalue weighted by molar-refractivity contribution is -0.384. The number of aryl methyl sites for hydroxylation is 1. The molecule has 0 heterocycles. The maximum absolute atomic E-state index is 12.0. The molecule has 0 aliphatic heterocycles. The lowest BCUT2D eigenvalue weighted by atomic mass is 10.1. The fourth-order valence-electron chi connectivity index (χ4n) is 2.56. The average Bonchev–Trinajstić information content (AvgIpc) is 2.66. The van der Waals surface area contributed by atoms with E-state index in [9.17, 15) is 19.7 Å². The number of amides is 2. The summed E-state index contributed by atoms with van der Waals surface area (Å²) in [5.74, 6) is -0.481. The number of benzene rings is 2. The second-order valence-corrected chi connectivity index (χ2v) is 6.34. The predicted molar refractivity (Wildman–Crippen MR) is 103 cm³/mol. The summed E-state index contributed by atoms with van der Waals surface area (Å²) in [7, 11) is 0. The van der Waals surface area contributed by atoms with E-state index in [0.29, 0.717) is 5.69 Å². The zero-order valence-corrected chi connectivity index (χ0v) is 15.2. The van der Waals surface area contributed by atoms with Crippen molar-refractivity contribution in [2.24, 2.45) is 0 Å². The van der Waals surface area contributed by atoms with Crippen LogP contribution in [0.4, 0.5) is 11.4 Å². The molecule has 7 heteroatoms. The number of nitrogens with one attached hydrogen (secondary N) is 2. The topological polar surface area (TPSA) is 101 Å². The van der Waals surface area contributed by atoms with Gasteiger partial charge in [-0.3, -0.25) is 19.7 Å². The van der Waals surface area contributed by atoms with Gasteiger partial charge in [0, 0.05) is 36.7 Å². The van der Waals surface area contributed by atoms with Gasteiger partial charge in [-0.25, -0.2) is 0 Å². The van der Waals surface area contributed by atoms with Crippen LogP contribution in [0.3, 0.4) is 0 Å². The molecule has 1 unspecified atom stereocenters. The highest BCUT2D eigenvalue weighted by Crippen LogP contribution is 2.15. The van der Waals surface area contributed by atoms with Crippen LogP contribution in [0.1, 0.15) is 31.7 Å². The van der Waals surface area contributed by atoms with Gasteiger partial charge in [0.15, 0.2) is 0 Å². The van der Waals surface area contributed by atoms with Crippen LogP contribution >= 0.6 is 0 Å². The molecular formula is C20H23N3O4. The molecule has 0 aliphatic carbocycles. The highest BCUT2D eigenvalue weighted by molar-refractivity contribution is 5.93. The zero-order valence-electron chi connectivity index (χ0n) is 15.2. The Kier molecular flexibility index (Phi) is 7.49. The normalized spacial score (nSPS) is 11.4. The Hall–Kier alpha value is -3.22. The van der Waals surface area contributed by atoms with Crippen LogP contribution in [0.25, 0.3) is 0 Å². The Labute approximate surface area is 157 Å². The maximum Gasteiger partial charge on any atom is 0.269 e.